The van der Waals surface area contributed by atoms with Crippen molar-refractivity contribution in [3.05, 3.63) is 309 Å². The molecule has 82 heavy (non-hydrogen) atoms. The predicted molar refractivity (Wildman–Crippen MR) is 344 cm³/mol. The second-order valence-electron chi connectivity index (χ2n) is 21.3. The summed E-state index contributed by atoms with van der Waals surface area (Å²) in [6.07, 6.45) is 0. The maximum Gasteiger partial charge on any atom is 0.135 e. The van der Waals surface area contributed by atoms with Gasteiger partial charge in [-0.15, -0.1) is 0 Å². The predicted octanol–water partition coefficient (Wildman–Crippen LogP) is 21.6. The van der Waals surface area contributed by atoms with E-state index in [9.17, 15) is 0 Å². The molecule has 0 aliphatic carbocycles. The second-order valence-corrected chi connectivity index (χ2v) is 21.3. The van der Waals surface area contributed by atoms with Gasteiger partial charge in [0.25, 0.3) is 0 Å². The van der Waals surface area contributed by atoms with Crippen molar-refractivity contribution in [2.24, 2.45) is 0 Å². The molecule has 0 saturated heterocycles. The van der Waals surface area contributed by atoms with Crippen LogP contribution in [0.15, 0.2) is 314 Å². The Morgan fingerprint density at radius 1 is 0.207 bits per heavy atom. The largest absolute Gasteiger partial charge is 0.456 e. The lowest BCUT2D eigenvalue weighted by Gasteiger charge is -2.26. The summed E-state index contributed by atoms with van der Waals surface area (Å²) in [6.45, 7) is 0. The highest BCUT2D eigenvalue weighted by Crippen LogP contribution is 2.41. The standard InChI is InChI=1S/C78H51N3O/c1-3-13-62(14-4-1)80-73-20-10-7-17-67(73)70-49-59(37-46-75(70)80)56-27-23-52(24-28-56)54-31-40-64(41-32-54)79(66-44-35-58(36-45-66)61-39-48-78-72(51-61)69-19-9-12-22-77(69)82-78)65-42-33-55(34-43-65)53-25-29-57(30-26-53)60-38-47-76-71(50-60)68-18-8-11-21-74(68)81(76)63-15-5-2-6-16-63/h1-51H. The van der Waals surface area contributed by atoms with E-state index >= 15 is 0 Å². The van der Waals surface area contributed by atoms with Crippen LogP contribution >= 0.6 is 0 Å². The fourth-order valence-electron chi connectivity index (χ4n) is 12.5. The smallest absolute Gasteiger partial charge is 0.135 e. The van der Waals surface area contributed by atoms with Crippen LogP contribution in [0, 0.1) is 0 Å². The third-order valence-corrected chi connectivity index (χ3v) is 16.6. The van der Waals surface area contributed by atoms with Gasteiger partial charge in [-0.2, -0.15) is 0 Å². The molecule has 0 aliphatic rings. The molecule has 4 nitrogen and oxygen atoms in total. The second kappa shape index (κ2) is 19.5. The molecular formula is C78H51N3O. The van der Waals surface area contributed by atoms with E-state index in [0.717, 1.165) is 72.6 Å². The highest BCUT2D eigenvalue weighted by atomic mass is 16.3. The number of aromatic nitrogens is 2. The molecule has 4 heteroatoms. The van der Waals surface area contributed by atoms with Crippen LogP contribution in [0.3, 0.4) is 0 Å². The summed E-state index contributed by atoms with van der Waals surface area (Å²) >= 11 is 0. The Kier molecular flexibility index (Phi) is 11.2. The van der Waals surface area contributed by atoms with Crippen LogP contribution in [0.1, 0.15) is 0 Å². The first-order valence-corrected chi connectivity index (χ1v) is 28.0. The van der Waals surface area contributed by atoms with Crippen molar-refractivity contribution in [3.8, 4) is 67.0 Å². The number of hydrogen-bond donors (Lipinski definition) is 0. The highest BCUT2D eigenvalue weighted by Gasteiger charge is 2.18. The molecule has 384 valence electrons. The maximum atomic E-state index is 6.18. The van der Waals surface area contributed by atoms with Gasteiger partial charge in [-0.1, -0.05) is 194 Å². The third kappa shape index (κ3) is 8.07. The number of furan rings is 1. The SMILES string of the molecule is c1ccc(-n2c3ccccc3c3cc(-c4ccc(-c5ccc(N(c6ccc(-c7ccc(-c8ccc9c(c8)c8ccccc8n9-c8ccccc8)cc7)cc6)c6ccc(-c7ccc8oc9ccccc9c8c7)cc6)cc5)cc4)ccc32)cc1. The van der Waals surface area contributed by atoms with Gasteiger partial charge in [-0.3, -0.25) is 0 Å². The van der Waals surface area contributed by atoms with Crippen LogP contribution in [0.5, 0.6) is 0 Å². The van der Waals surface area contributed by atoms with Crippen molar-refractivity contribution in [2.45, 2.75) is 0 Å². The minimum absolute atomic E-state index is 0.898. The lowest BCUT2D eigenvalue weighted by Crippen LogP contribution is -2.09. The Morgan fingerprint density at radius 2 is 0.500 bits per heavy atom. The van der Waals surface area contributed by atoms with Crippen molar-refractivity contribution in [3.63, 3.8) is 0 Å². The summed E-state index contributed by atoms with van der Waals surface area (Å²) in [4.78, 5) is 2.35. The van der Waals surface area contributed by atoms with Crippen molar-refractivity contribution >= 4 is 82.6 Å². The first kappa shape index (κ1) is 47.1. The minimum Gasteiger partial charge on any atom is -0.456 e. The molecule has 0 aliphatic heterocycles. The van der Waals surface area contributed by atoms with Gasteiger partial charge in [0.1, 0.15) is 11.2 Å². The van der Waals surface area contributed by atoms with E-state index in [2.05, 4.69) is 311 Å². The zero-order chi connectivity index (χ0) is 54.1. The van der Waals surface area contributed by atoms with Gasteiger partial charge in [0.05, 0.1) is 22.1 Å². The summed E-state index contributed by atoms with van der Waals surface area (Å²) in [5, 5.41) is 7.25. The monoisotopic (exact) mass is 1050 g/mol. The Bertz CT molecular complexity index is 4790. The Balaban J connectivity index is 0.705. The van der Waals surface area contributed by atoms with Crippen LogP contribution in [0.4, 0.5) is 17.1 Å². The Labute approximate surface area is 474 Å². The summed E-state index contributed by atoms with van der Waals surface area (Å²) in [5.74, 6) is 0. The number of para-hydroxylation sites is 5. The first-order chi connectivity index (χ1) is 40.6. The van der Waals surface area contributed by atoms with E-state index in [1.165, 1.54) is 77.0 Å². The molecule has 0 amide bonds. The average Bonchev–Trinajstić information content (AvgIpc) is 4.42. The zero-order valence-corrected chi connectivity index (χ0v) is 44.7. The normalized spacial score (nSPS) is 11.7. The molecule has 3 heterocycles. The number of rotatable bonds is 10. The highest BCUT2D eigenvalue weighted by molar-refractivity contribution is 6.12. The topological polar surface area (TPSA) is 26.2 Å². The van der Waals surface area contributed by atoms with E-state index < -0.39 is 0 Å². The molecule has 16 aromatic rings. The first-order valence-electron chi connectivity index (χ1n) is 28.0. The third-order valence-electron chi connectivity index (χ3n) is 16.6. The molecule has 3 aromatic heterocycles. The van der Waals surface area contributed by atoms with E-state index in [1.807, 2.05) is 12.1 Å². The van der Waals surface area contributed by atoms with Gasteiger partial charge in [0, 0.05) is 60.8 Å². The Morgan fingerprint density at radius 3 is 0.927 bits per heavy atom. The van der Waals surface area contributed by atoms with Gasteiger partial charge in [0.2, 0.25) is 0 Å². The fraction of sp³-hybridized carbons (Fsp3) is 0. The molecule has 0 fully saturated rings. The van der Waals surface area contributed by atoms with E-state index in [0.29, 0.717) is 0 Å². The zero-order valence-electron chi connectivity index (χ0n) is 44.7. The number of nitrogens with zero attached hydrogens (tertiary/aromatic N) is 3. The van der Waals surface area contributed by atoms with Crippen LogP contribution in [-0.2, 0) is 0 Å². The number of anilines is 3. The van der Waals surface area contributed by atoms with Gasteiger partial charge < -0.3 is 18.5 Å². The van der Waals surface area contributed by atoms with Gasteiger partial charge in [-0.05, 0) is 171 Å². The minimum atomic E-state index is 0.898. The molecule has 0 saturated carbocycles. The molecule has 0 spiro atoms. The number of benzene rings is 13. The van der Waals surface area contributed by atoms with Gasteiger partial charge >= 0.3 is 0 Å². The Hall–Kier alpha value is -10.9. The van der Waals surface area contributed by atoms with E-state index in [-0.39, 0.29) is 0 Å². The van der Waals surface area contributed by atoms with Crippen LogP contribution in [0.2, 0.25) is 0 Å². The van der Waals surface area contributed by atoms with Crippen molar-refractivity contribution in [1.82, 2.24) is 9.13 Å². The van der Waals surface area contributed by atoms with Gasteiger partial charge in [0.15, 0.2) is 0 Å². The molecule has 0 atom stereocenters. The number of fused-ring (bicyclic) bond motifs is 9. The summed E-state index contributed by atoms with van der Waals surface area (Å²) in [5.41, 5.74) is 23.9. The molecule has 0 radical (unpaired) electrons. The van der Waals surface area contributed by atoms with E-state index in [1.54, 1.807) is 0 Å². The van der Waals surface area contributed by atoms with Crippen LogP contribution in [0.25, 0.3) is 133 Å². The molecule has 0 unspecified atom stereocenters. The quantitative estimate of drug-likeness (QED) is 0.136. The van der Waals surface area contributed by atoms with E-state index in [4.69, 9.17) is 4.42 Å². The lowest BCUT2D eigenvalue weighted by atomic mass is 9.98. The van der Waals surface area contributed by atoms with Crippen molar-refractivity contribution in [1.29, 1.82) is 0 Å². The van der Waals surface area contributed by atoms with Crippen LogP contribution < -0.4 is 4.90 Å². The summed E-state index contributed by atoms with van der Waals surface area (Å²) < 4.78 is 10.9. The van der Waals surface area contributed by atoms with Gasteiger partial charge in [-0.25, -0.2) is 0 Å². The number of hydrogen-bond acceptors (Lipinski definition) is 2. The fourth-order valence-corrected chi connectivity index (χ4v) is 12.5. The molecule has 16 rings (SSSR count). The average molecular weight is 1050 g/mol. The summed E-state index contributed by atoms with van der Waals surface area (Å²) in [7, 11) is 0. The summed E-state index contributed by atoms with van der Waals surface area (Å²) in [6, 6.07) is 112. The molecule has 0 N–H and O–H groups in total. The molecule has 13 aromatic carbocycles. The van der Waals surface area contributed by atoms with Crippen molar-refractivity contribution < 1.29 is 4.42 Å². The maximum absolute atomic E-state index is 6.18. The van der Waals surface area contributed by atoms with Crippen LogP contribution in [-0.4, -0.2) is 9.13 Å². The molecule has 0 bridgehead atoms. The molecular weight excluding hydrogens is 995 g/mol. The lowest BCUT2D eigenvalue weighted by molar-refractivity contribution is 0.669. The van der Waals surface area contributed by atoms with Crippen molar-refractivity contribution in [2.75, 3.05) is 4.90 Å².